The van der Waals surface area contributed by atoms with Crippen LogP contribution in [-0.2, 0) is 11.4 Å². The van der Waals surface area contributed by atoms with Crippen LogP contribution in [0.25, 0.3) is 0 Å². The molecule has 0 aliphatic carbocycles. The topological polar surface area (TPSA) is 77.2 Å². The van der Waals surface area contributed by atoms with E-state index in [2.05, 4.69) is 15.5 Å². The van der Waals surface area contributed by atoms with E-state index in [1.807, 2.05) is 45.0 Å². The van der Waals surface area contributed by atoms with E-state index in [-0.39, 0.29) is 29.3 Å². The Balaban J connectivity index is 1.61. The lowest BCUT2D eigenvalue weighted by atomic mass is 10.1. The summed E-state index contributed by atoms with van der Waals surface area (Å²) in [6.07, 6.45) is 0. The molecular weight excluding hydrogens is 393 g/mol. The number of hydrogen-bond acceptors (Lipinski definition) is 6. The van der Waals surface area contributed by atoms with Gasteiger partial charge in [0, 0.05) is 0 Å². The molecule has 3 aromatic rings. The van der Waals surface area contributed by atoms with Gasteiger partial charge < -0.3 is 14.5 Å². The molecule has 1 heterocycles. The summed E-state index contributed by atoms with van der Waals surface area (Å²) >= 11 is 1.14. The Bertz CT molecular complexity index is 960. The molecule has 152 valence electrons. The van der Waals surface area contributed by atoms with Crippen LogP contribution in [0.3, 0.4) is 0 Å². The molecule has 1 amide bonds. The van der Waals surface area contributed by atoms with Gasteiger partial charge in [0.15, 0.2) is 6.61 Å². The zero-order valence-electron chi connectivity index (χ0n) is 16.4. The van der Waals surface area contributed by atoms with Crippen LogP contribution in [0.2, 0.25) is 0 Å². The van der Waals surface area contributed by atoms with Crippen molar-refractivity contribution in [3.05, 3.63) is 65.8 Å². The van der Waals surface area contributed by atoms with Crippen molar-refractivity contribution >= 4 is 23.4 Å². The molecule has 0 spiro atoms. The lowest BCUT2D eigenvalue weighted by molar-refractivity contribution is -0.116. The maximum atomic E-state index is 13.8. The van der Waals surface area contributed by atoms with Crippen molar-refractivity contribution in [2.45, 2.75) is 37.9 Å². The van der Waals surface area contributed by atoms with Gasteiger partial charge in [-0.25, -0.2) is 4.39 Å². The molecule has 0 aliphatic rings. The Morgan fingerprint density at radius 3 is 2.59 bits per heavy atom. The van der Waals surface area contributed by atoms with Gasteiger partial charge in [0.1, 0.15) is 11.6 Å². The normalized spacial score (nSPS) is 12.0. The Hall–Kier alpha value is -2.87. The van der Waals surface area contributed by atoms with E-state index in [9.17, 15) is 9.18 Å². The minimum Gasteiger partial charge on any atom is -0.484 e. The Morgan fingerprint density at radius 2 is 1.90 bits per heavy atom. The number of hydrogen-bond donors (Lipinski definition) is 1. The number of benzene rings is 2. The third kappa shape index (κ3) is 5.80. The van der Waals surface area contributed by atoms with Crippen molar-refractivity contribution in [1.82, 2.24) is 10.2 Å². The summed E-state index contributed by atoms with van der Waals surface area (Å²) in [7, 11) is 0. The molecule has 1 N–H and O–H groups in total. The van der Waals surface area contributed by atoms with E-state index in [0.29, 0.717) is 11.6 Å². The minimum absolute atomic E-state index is 0.0362. The van der Waals surface area contributed by atoms with Gasteiger partial charge in [0.2, 0.25) is 5.91 Å². The largest absolute Gasteiger partial charge is 0.484 e. The Kier molecular flexibility index (Phi) is 6.87. The fourth-order valence-electron chi connectivity index (χ4n) is 2.49. The number of rotatable bonds is 8. The second-order valence-electron chi connectivity index (χ2n) is 6.82. The van der Waals surface area contributed by atoms with Crippen molar-refractivity contribution in [2.75, 3.05) is 5.32 Å². The first-order valence-electron chi connectivity index (χ1n) is 9.16. The lowest BCUT2D eigenvalue weighted by Gasteiger charge is -2.18. The van der Waals surface area contributed by atoms with Crippen LogP contribution in [0.15, 0.2) is 58.2 Å². The van der Waals surface area contributed by atoms with Gasteiger partial charge in [0.25, 0.3) is 11.1 Å². The summed E-state index contributed by atoms with van der Waals surface area (Å²) in [5.74, 6) is 0.163. The number of ether oxygens (including phenoxy) is 1. The number of aromatic nitrogens is 2. The van der Waals surface area contributed by atoms with E-state index in [1.165, 1.54) is 12.1 Å². The van der Waals surface area contributed by atoms with E-state index in [0.717, 1.165) is 17.3 Å². The lowest BCUT2D eigenvalue weighted by Crippen LogP contribution is -2.29. The number of aryl methyl sites for hydroxylation is 1. The molecule has 0 bridgehead atoms. The van der Waals surface area contributed by atoms with E-state index in [4.69, 9.17) is 9.15 Å². The number of nitrogens with zero attached hydrogens (tertiary/aromatic N) is 2. The first-order valence-corrected chi connectivity index (χ1v) is 10.0. The third-order valence-electron chi connectivity index (χ3n) is 4.06. The number of carbonyl (C=O) groups is 1. The molecule has 1 aromatic heterocycles. The molecule has 8 heteroatoms. The second-order valence-corrected chi connectivity index (χ2v) is 7.91. The predicted molar refractivity (Wildman–Crippen MR) is 109 cm³/mol. The van der Waals surface area contributed by atoms with Crippen LogP contribution in [0.4, 0.5) is 10.1 Å². The van der Waals surface area contributed by atoms with Crippen LogP contribution >= 0.6 is 11.8 Å². The van der Waals surface area contributed by atoms with Gasteiger partial charge in [-0.1, -0.05) is 55.4 Å². The van der Waals surface area contributed by atoms with Gasteiger partial charge in [-0.15, -0.1) is 10.2 Å². The maximum Gasteiger partial charge on any atom is 0.277 e. The molecule has 0 saturated heterocycles. The number of nitrogens with one attached hydrogen (secondary N) is 1. The van der Waals surface area contributed by atoms with Gasteiger partial charge in [0.05, 0.1) is 10.9 Å². The highest BCUT2D eigenvalue weighted by atomic mass is 32.2. The highest BCUT2D eigenvalue weighted by Gasteiger charge is 2.27. The molecule has 3 rings (SSSR count). The summed E-state index contributed by atoms with van der Waals surface area (Å²) in [4.78, 5) is 12.6. The summed E-state index contributed by atoms with van der Waals surface area (Å²) in [5, 5.41) is 10.3. The first kappa shape index (κ1) is 20.9. The zero-order valence-corrected chi connectivity index (χ0v) is 17.2. The Labute approximate surface area is 172 Å². The molecule has 1 atom stereocenters. The fraction of sp³-hybridized carbons (Fsp3) is 0.286. The highest BCUT2D eigenvalue weighted by molar-refractivity contribution is 8.00. The van der Waals surface area contributed by atoms with Crippen molar-refractivity contribution in [2.24, 2.45) is 5.92 Å². The molecule has 0 radical (unpaired) electrons. The quantitative estimate of drug-likeness (QED) is 0.530. The molecule has 29 heavy (non-hydrogen) atoms. The van der Waals surface area contributed by atoms with Crippen LogP contribution in [0.5, 0.6) is 5.75 Å². The van der Waals surface area contributed by atoms with Gasteiger partial charge in [-0.2, -0.15) is 0 Å². The second kappa shape index (κ2) is 9.56. The molecule has 0 saturated carbocycles. The smallest absolute Gasteiger partial charge is 0.277 e. The maximum absolute atomic E-state index is 13.8. The van der Waals surface area contributed by atoms with Crippen molar-refractivity contribution in [3.63, 3.8) is 0 Å². The number of para-hydroxylation sites is 1. The number of thioether (sulfide) groups is 1. The van der Waals surface area contributed by atoms with Crippen molar-refractivity contribution in [1.29, 1.82) is 0 Å². The molecule has 0 fully saturated rings. The monoisotopic (exact) mass is 415 g/mol. The standard InChI is InChI=1S/C21H22FN3O3S/c1-13(2)19(20(26)23-17-7-5-4-6-16(17)22)29-21-25-24-18(28-21)12-27-15-10-8-14(3)9-11-15/h4-11,13,19H,12H2,1-3H3,(H,23,26). The SMILES string of the molecule is Cc1ccc(OCc2nnc(SC(C(=O)Nc3ccccc3F)C(C)C)o2)cc1. The number of anilines is 1. The molecular formula is C21H22FN3O3S. The molecule has 0 aliphatic heterocycles. The first-order chi connectivity index (χ1) is 13.9. The van der Waals surface area contributed by atoms with E-state index >= 15 is 0 Å². The summed E-state index contributed by atoms with van der Waals surface area (Å²) < 4.78 is 25.0. The van der Waals surface area contributed by atoms with E-state index < -0.39 is 11.1 Å². The average molecular weight is 415 g/mol. The van der Waals surface area contributed by atoms with Gasteiger partial charge >= 0.3 is 0 Å². The van der Waals surface area contributed by atoms with Crippen LogP contribution < -0.4 is 10.1 Å². The highest BCUT2D eigenvalue weighted by Crippen LogP contribution is 2.29. The molecule has 2 aromatic carbocycles. The number of halogens is 1. The van der Waals surface area contributed by atoms with Gasteiger partial charge in [-0.05, 0) is 37.1 Å². The average Bonchev–Trinajstić information content (AvgIpc) is 3.15. The predicted octanol–water partition coefficient (Wildman–Crippen LogP) is 4.85. The van der Waals surface area contributed by atoms with E-state index in [1.54, 1.807) is 12.1 Å². The van der Waals surface area contributed by atoms with Gasteiger partial charge in [-0.3, -0.25) is 4.79 Å². The van der Waals surface area contributed by atoms with Crippen LogP contribution in [-0.4, -0.2) is 21.4 Å². The zero-order chi connectivity index (χ0) is 20.8. The number of amides is 1. The third-order valence-corrected chi connectivity index (χ3v) is 5.43. The summed E-state index contributed by atoms with van der Waals surface area (Å²) in [6, 6.07) is 13.7. The van der Waals surface area contributed by atoms with Crippen molar-refractivity contribution < 1.29 is 18.3 Å². The summed E-state index contributed by atoms with van der Waals surface area (Å²) in [6.45, 7) is 5.93. The molecule has 6 nitrogen and oxygen atoms in total. The van der Waals surface area contributed by atoms with Crippen molar-refractivity contribution in [3.8, 4) is 5.75 Å². The fourth-order valence-corrected chi connectivity index (χ4v) is 3.38. The van der Waals surface area contributed by atoms with Crippen LogP contribution in [0, 0.1) is 18.7 Å². The van der Waals surface area contributed by atoms with Crippen LogP contribution in [0.1, 0.15) is 25.3 Å². The molecule has 1 unspecified atom stereocenters. The number of carbonyl (C=O) groups excluding carboxylic acids is 1. The minimum atomic E-state index is -0.527. The summed E-state index contributed by atoms with van der Waals surface area (Å²) in [5.41, 5.74) is 1.28. The Morgan fingerprint density at radius 1 is 1.17 bits per heavy atom.